The van der Waals surface area contributed by atoms with Crippen LogP contribution in [0.1, 0.15) is 63.7 Å². The maximum atomic E-state index is 12.3. The Bertz CT molecular complexity index is 1300. The van der Waals surface area contributed by atoms with Crippen molar-refractivity contribution in [1.29, 1.82) is 0 Å². The number of aliphatic hydroxyl groups excluding tert-OH is 1. The lowest BCUT2D eigenvalue weighted by molar-refractivity contribution is -0.130. The summed E-state index contributed by atoms with van der Waals surface area (Å²) in [5.74, 6) is 1.63. The SMILES string of the molecule is COc1ccc([C@@H](C)N2C[C@H]([C@H](C)O)CC2=O)cc1.COc1ccc([C@@H](C)N2C[C@H]([C@H](C)OS(C)(=O)=O)CC2=O)cc1. The number of methoxy groups -OCH3 is 2. The van der Waals surface area contributed by atoms with Gasteiger partial charge in [-0.05, 0) is 63.1 Å². The summed E-state index contributed by atoms with van der Waals surface area (Å²) in [6.07, 6.45) is 0.826. The Hall–Kier alpha value is -3.15. The van der Waals surface area contributed by atoms with E-state index in [2.05, 4.69) is 0 Å². The number of ether oxygens (including phenoxy) is 2. The third kappa shape index (κ3) is 8.68. The number of likely N-dealkylation sites (tertiary alicyclic amines) is 2. The number of carbonyl (C=O) groups excluding carboxylic acids is 2. The minimum absolute atomic E-state index is 0.0160. The molecule has 0 bridgehead atoms. The van der Waals surface area contributed by atoms with Crippen molar-refractivity contribution in [1.82, 2.24) is 9.80 Å². The Morgan fingerprint density at radius 1 is 0.738 bits per heavy atom. The van der Waals surface area contributed by atoms with Crippen LogP contribution < -0.4 is 9.47 Å². The lowest BCUT2D eigenvalue weighted by Crippen LogP contribution is -2.30. The minimum Gasteiger partial charge on any atom is -0.497 e. The summed E-state index contributed by atoms with van der Waals surface area (Å²) in [5, 5.41) is 9.61. The molecule has 0 unspecified atom stereocenters. The Kier molecular flexibility index (Phi) is 11.4. The zero-order valence-corrected chi connectivity index (χ0v) is 26.3. The molecule has 0 aliphatic carbocycles. The van der Waals surface area contributed by atoms with E-state index in [4.69, 9.17) is 13.7 Å². The molecule has 0 radical (unpaired) electrons. The van der Waals surface area contributed by atoms with Crippen molar-refractivity contribution in [3.8, 4) is 11.5 Å². The van der Waals surface area contributed by atoms with E-state index in [1.807, 2.05) is 67.3 Å². The van der Waals surface area contributed by atoms with Gasteiger partial charge in [-0.15, -0.1) is 0 Å². The van der Waals surface area contributed by atoms with Crippen LogP contribution in [-0.2, 0) is 23.9 Å². The number of aliphatic hydroxyl groups is 1. The number of hydrogen-bond acceptors (Lipinski definition) is 8. The number of benzene rings is 2. The molecule has 2 heterocycles. The van der Waals surface area contributed by atoms with Crippen LogP contribution in [0.4, 0.5) is 0 Å². The van der Waals surface area contributed by atoms with Crippen molar-refractivity contribution in [2.45, 2.75) is 64.8 Å². The molecule has 0 saturated carbocycles. The maximum absolute atomic E-state index is 12.3. The molecule has 2 aliphatic rings. The molecule has 2 fully saturated rings. The molecule has 2 aliphatic heterocycles. The topological polar surface area (TPSA) is 123 Å². The summed E-state index contributed by atoms with van der Waals surface area (Å²) in [6.45, 7) is 8.54. The zero-order chi connectivity index (χ0) is 31.2. The summed E-state index contributed by atoms with van der Waals surface area (Å²) in [4.78, 5) is 27.9. The first-order valence-corrected chi connectivity index (χ1v) is 16.0. The second-order valence-electron chi connectivity index (χ2n) is 11.2. The molecule has 2 amide bonds. The molecule has 232 valence electrons. The van der Waals surface area contributed by atoms with E-state index in [1.165, 1.54) is 0 Å². The summed E-state index contributed by atoms with van der Waals surface area (Å²) in [6, 6.07) is 15.3. The van der Waals surface area contributed by atoms with Gasteiger partial charge in [-0.25, -0.2) is 0 Å². The van der Waals surface area contributed by atoms with Gasteiger partial charge in [0.2, 0.25) is 11.8 Å². The monoisotopic (exact) mass is 604 g/mol. The van der Waals surface area contributed by atoms with E-state index in [1.54, 1.807) is 33.0 Å². The van der Waals surface area contributed by atoms with Crippen LogP contribution in [0, 0.1) is 11.8 Å². The van der Waals surface area contributed by atoms with Crippen LogP contribution >= 0.6 is 0 Å². The first-order valence-electron chi connectivity index (χ1n) is 14.2. The van der Waals surface area contributed by atoms with Crippen molar-refractivity contribution in [3.05, 3.63) is 59.7 Å². The predicted octanol–water partition coefficient (Wildman–Crippen LogP) is 3.95. The smallest absolute Gasteiger partial charge is 0.264 e. The minimum atomic E-state index is -3.52. The molecule has 2 aromatic rings. The number of hydrogen-bond donors (Lipinski definition) is 1. The molecule has 2 saturated heterocycles. The van der Waals surface area contributed by atoms with Crippen molar-refractivity contribution in [2.24, 2.45) is 11.8 Å². The molecular formula is C31H44N2O8S. The van der Waals surface area contributed by atoms with Gasteiger partial charge in [0.15, 0.2) is 0 Å². The Morgan fingerprint density at radius 2 is 1.12 bits per heavy atom. The van der Waals surface area contributed by atoms with Crippen LogP contribution in [0.5, 0.6) is 11.5 Å². The third-order valence-corrected chi connectivity index (χ3v) is 8.83. The normalized spacial score (nSPS) is 21.8. The van der Waals surface area contributed by atoms with Gasteiger partial charge < -0.3 is 24.4 Å². The number of rotatable bonds is 10. The van der Waals surface area contributed by atoms with Gasteiger partial charge in [0.05, 0.1) is 44.8 Å². The molecule has 4 rings (SSSR count). The molecule has 0 aromatic heterocycles. The van der Waals surface area contributed by atoms with Gasteiger partial charge in [0.1, 0.15) is 11.5 Å². The second-order valence-corrected chi connectivity index (χ2v) is 12.8. The Balaban J connectivity index is 0.000000235. The fourth-order valence-corrected chi connectivity index (χ4v) is 6.09. The molecule has 6 atom stereocenters. The van der Waals surface area contributed by atoms with E-state index >= 15 is 0 Å². The molecule has 42 heavy (non-hydrogen) atoms. The molecular weight excluding hydrogens is 560 g/mol. The predicted molar refractivity (Wildman–Crippen MR) is 160 cm³/mol. The average molecular weight is 605 g/mol. The first-order chi connectivity index (χ1) is 19.7. The lowest BCUT2D eigenvalue weighted by atomic mass is 10.0. The fourth-order valence-electron chi connectivity index (χ4n) is 5.39. The third-order valence-electron chi connectivity index (χ3n) is 8.18. The highest BCUT2D eigenvalue weighted by atomic mass is 32.2. The highest BCUT2D eigenvalue weighted by molar-refractivity contribution is 7.86. The highest BCUT2D eigenvalue weighted by Gasteiger charge is 2.37. The van der Waals surface area contributed by atoms with Gasteiger partial charge >= 0.3 is 0 Å². The maximum Gasteiger partial charge on any atom is 0.264 e. The molecule has 11 heteroatoms. The van der Waals surface area contributed by atoms with Crippen molar-refractivity contribution in [3.63, 3.8) is 0 Å². The molecule has 2 aromatic carbocycles. The largest absolute Gasteiger partial charge is 0.497 e. The molecule has 1 N–H and O–H groups in total. The fraction of sp³-hybridized carbons (Fsp3) is 0.548. The van der Waals surface area contributed by atoms with Crippen molar-refractivity contribution in [2.75, 3.05) is 33.6 Å². The first kappa shape index (κ1) is 33.4. The molecule has 10 nitrogen and oxygen atoms in total. The van der Waals surface area contributed by atoms with Crippen LogP contribution in [0.15, 0.2) is 48.5 Å². The van der Waals surface area contributed by atoms with Crippen LogP contribution in [0.3, 0.4) is 0 Å². The Labute approximate surface area is 249 Å². The van der Waals surface area contributed by atoms with Crippen LogP contribution in [0.25, 0.3) is 0 Å². The van der Waals surface area contributed by atoms with Gasteiger partial charge in [0.25, 0.3) is 10.1 Å². The van der Waals surface area contributed by atoms with Gasteiger partial charge in [0, 0.05) is 37.8 Å². The van der Waals surface area contributed by atoms with E-state index in [9.17, 15) is 23.1 Å². The van der Waals surface area contributed by atoms with Crippen molar-refractivity contribution < 1.29 is 36.8 Å². The standard InChI is InChI=1S/C16H23NO5S.C15H21NO3/c1-11(13-5-7-15(21-3)8-6-13)17-10-14(9-16(17)18)12(2)22-23(4,19)20;1-10(12-4-6-14(19-3)7-5-12)16-9-13(11(2)17)8-15(16)18/h5-8,11-12,14H,9-10H2,1-4H3;4-7,10-11,13,17H,8-9H2,1-3H3/t11-,12+,14-;10-,11+,13-/m11/s1. The van der Waals surface area contributed by atoms with E-state index < -0.39 is 22.3 Å². The van der Waals surface area contributed by atoms with Crippen molar-refractivity contribution >= 4 is 21.9 Å². The van der Waals surface area contributed by atoms with E-state index in [0.29, 0.717) is 25.9 Å². The van der Waals surface area contributed by atoms with Crippen LogP contribution in [0.2, 0.25) is 0 Å². The average Bonchev–Trinajstić information content (AvgIpc) is 3.54. The summed E-state index contributed by atoms with van der Waals surface area (Å²) in [5.41, 5.74) is 2.09. The summed E-state index contributed by atoms with van der Waals surface area (Å²) in [7, 11) is -0.278. The number of carbonyl (C=O) groups is 2. The quantitative estimate of drug-likeness (QED) is 0.405. The lowest BCUT2D eigenvalue weighted by Gasteiger charge is -2.26. The highest BCUT2D eigenvalue weighted by Crippen LogP contribution is 2.32. The van der Waals surface area contributed by atoms with E-state index in [0.717, 1.165) is 28.9 Å². The number of amides is 2. The summed E-state index contributed by atoms with van der Waals surface area (Å²) < 4.78 is 37.8. The number of nitrogens with zero attached hydrogens (tertiary/aromatic N) is 2. The Morgan fingerprint density at radius 3 is 1.45 bits per heavy atom. The zero-order valence-electron chi connectivity index (χ0n) is 25.5. The van der Waals surface area contributed by atoms with Gasteiger partial charge in [-0.2, -0.15) is 8.42 Å². The van der Waals surface area contributed by atoms with E-state index in [-0.39, 0.29) is 35.7 Å². The molecule has 0 spiro atoms. The van der Waals surface area contributed by atoms with Crippen LogP contribution in [-0.4, -0.2) is 80.9 Å². The summed E-state index contributed by atoms with van der Waals surface area (Å²) >= 11 is 0. The van der Waals surface area contributed by atoms with Gasteiger partial charge in [-0.3, -0.25) is 13.8 Å². The van der Waals surface area contributed by atoms with Gasteiger partial charge in [-0.1, -0.05) is 24.3 Å². The second kappa shape index (κ2) is 14.3.